The zero-order chi connectivity index (χ0) is 15.8. The third-order valence-electron chi connectivity index (χ3n) is 3.87. The molecular formula is C18H16N4S. The summed E-state index contributed by atoms with van der Waals surface area (Å²) in [5.74, 6) is 1.60. The maximum absolute atomic E-state index is 4.79. The van der Waals surface area contributed by atoms with Crippen LogP contribution in [0, 0.1) is 13.8 Å². The third-order valence-corrected chi connectivity index (χ3v) is 4.80. The molecule has 23 heavy (non-hydrogen) atoms. The number of aromatic nitrogens is 3. The minimum Gasteiger partial charge on any atom is -0.187 e. The van der Waals surface area contributed by atoms with E-state index in [-0.39, 0.29) is 0 Å². The van der Waals surface area contributed by atoms with Crippen molar-refractivity contribution in [1.29, 1.82) is 0 Å². The van der Waals surface area contributed by atoms with Gasteiger partial charge in [0.2, 0.25) is 5.16 Å². The van der Waals surface area contributed by atoms with Crippen LogP contribution in [0.1, 0.15) is 16.7 Å². The Kier molecular flexibility index (Phi) is 3.50. The fraction of sp³-hybridized carbons (Fsp3) is 0.167. The monoisotopic (exact) mass is 320 g/mol. The van der Waals surface area contributed by atoms with Gasteiger partial charge in [-0.25, -0.2) is 0 Å². The van der Waals surface area contributed by atoms with Crippen molar-refractivity contribution in [1.82, 2.24) is 14.9 Å². The van der Waals surface area contributed by atoms with E-state index in [1.807, 2.05) is 4.68 Å². The second kappa shape index (κ2) is 5.66. The molecule has 0 saturated carbocycles. The molecule has 0 amide bonds. The zero-order valence-corrected chi connectivity index (χ0v) is 13.8. The van der Waals surface area contributed by atoms with Gasteiger partial charge in [-0.2, -0.15) is 9.78 Å². The number of nitrogens with zero attached hydrogens (tertiary/aromatic N) is 4. The second-order valence-corrected chi connectivity index (χ2v) is 6.63. The predicted molar refractivity (Wildman–Crippen MR) is 94.0 cm³/mol. The van der Waals surface area contributed by atoms with E-state index in [0.717, 1.165) is 33.6 Å². The Morgan fingerprint density at radius 2 is 1.43 bits per heavy atom. The summed E-state index contributed by atoms with van der Waals surface area (Å²) in [5.41, 5.74) is 5.71. The first kappa shape index (κ1) is 14.2. The average molecular weight is 320 g/mol. The predicted octanol–water partition coefficient (Wildman–Crippen LogP) is 3.92. The second-order valence-electron chi connectivity index (χ2n) is 5.69. The number of hydrogen-bond donors (Lipinski definition) is 0. The molecule has 114 valence electrons. The van der Waals surface area contributed by atoms with Crippen LogP contribution in [-0.2, 0) is 0 Å². The van der Waals surface area contributed by atoms with E-state index in [9.17, 15) is 0 Å². The lowest BCUT2D eigenvalue weighted by Crippen LogP contribution is -2.13. The first-order valence-corrected chi connectivity index (χ1v) is 8.49. The average Bonchev–Trinajstić information content (AvgIpc) is 2.99. The molecular weight excluding hydrogens is 304 g/mol. The van der Waals surface area contributed by atoms with Crippen molar-refractivity contribution < 1.29 is 0 Å². The molecule has 1 aliphatic rings. The smallest absolute Gasteiger partial charge is 0.187 e. The van der Waals surface area contributed by atoms with Crippen LogP contribution in [-0.4, -0.2) is 26.3 Å². The van der Waals surface area contributed by atoms with Gasteiger partial charge < -0.3 is 0 Å². The summed E-state index contributed by atoms with van der Waals surface area (Å²) < 4.78 is 1.86. The van der Waals surface area contributed by atoms with Gasteiger partial charge in [0.25, 0.3) is 0 Å². The lowest BCUT2D eigenvalue weighted by atomic mass is 10.1. The summed E-state index contributed by atoms with van der Waals surface area (Å²) >= 11 is 1.67. The highest BCUT2D eigenvalue weighted by molar-refractivity contribution is 7.99. The topological polar surface area (TPSA) is 43.1 Å². The molecule has 0 fully saturated rings. The van der Waals surface area contributed by atoms with Crippen LogP contribution in [0.25, 0.3) is 11.4 Å². The Labute approximate surface area is 139 Å². The van der Waals surface area contributed by atoms with Gasteiger partial charge in [-0.3, -0.25) is 0 Å². The fourth-order valence-corrected chi connectivity index (χ4v) is 3.34. The van der Waals surface area contributed by atoms with E-state index in [0.29, 0.717) is 0 Å². The van der Waals surface area contributed by atoms with Crippen molar-refractivity contribution in [2.24, 2.45) is 5.10 Å². The van der Waals surface area contributed by atoms with Gasteiger partial charge in [0.05, 0.1) is 5.71 Å². The molecule has 2 heterocycles. The van der Waals surface area contributed by atoms with E-state index >= 15 is 0 Å². The highest BCUT2D eigenvalue weighted by atomic mass is 32.2. The fourth-order valence-electron chi connectivity index (χ4n) is 2.50. The molecule has 0 saturated heterocycles. The molecule has 0 N–H and O–H groups in total. The number of thioether (sulfide) groups is 1. The number of benzene rings is 2. The summed E-state index contributed by atoms with van der Waals surface area (Å²) in [7, 11) is 0. The maximum Gasteiger partial charge on any atom is 0.212 e. The number of hydrogen-bond acceptors (Lipinski definition) is 4. The van der Waals surface area contributed by atoms with Crippen molar-refractivity contribution in [2.75, 3.05) is 5.75 Å². The molecule has 3 aromatic rings. The first-order valence-electron chi connectivity index (χ1n) is 7.51. The van der Waals surface area contributed by atoms with Gasteiger partial charge in [-0.1, -0.05) is 71.4 Å². The highest BCUT2D eigenvalue weighted by Crippen LogP contribution is 2.28. The van der Waals surface area contributed by atoms with E-state index in [4.69, 9.17) is 5.10 Å². The minimum absolute atomic E-state index is 0.789. The molecule has 4 rings (SSSR count). The van der Waals surface area contributed by atoms with Gasteiger partial charge in [0.15, 0.2) is 5.82 Å². The van der Waals surface area contributed by atoms with Crippen LogP contribution in [0.2, 0.25) is 0 Å². The summed E-state index contributed by atoms with van der Waals surface area (Å²) in [5, 5.41) is 14.2. The molecule has 2 aromatic carbocycles. The van der Waals surface area contributed by atoms with Crippen LogP contribution in [0.3, 0.4) is 0 Å². The summed E-state index contributed by atoms with van der Waals surface area (Å²) in [6, 6.07) is 16.8. The van der Waals surface area contributed by atoms with Crippen molar-refractivity contribution in [3.63, 3.8) is 0 Å². The van der Waals surface area contributed by atoms with E-state index in [1.165, 1.54) is 11.1 Å². The van der Waals surface area contributed by atoms with Gasteiger partial charge in [0, 0.05) is 11.3 Å². The Hall–Kier alpha value is -2.40. The molecule has 0 radical (unpaired) electrons. The van der Waals surface area contributed by atoms with Gasteiger partial charge in [0.1, 0.15) is 0 Å². The van der Waals surface area contributed by atoms with E-state index in [2.05, 4.69) is 72.6 Å². The molecule has 0 unspecified atom stereocenters. The third kappa shape index (κ3) is 2.68. The SMILES string of the molecule is Cc1ccc(C2=Nn3c(nnc3-c3ccc(C)cc3)SC2)cc1. The summed E-state index contributed by atoms with van der Waals surface area (Å²) in [4.78, 5) is 0. The number of aryl methyl sites for hydroxylation is 2. The largest absolute Gasteiger partial charge is 0.212 e. The van der Waals surface area contributed by atoms with Crippen LogP contribution in [0.15, 0.2) is 58.8 Å². The maximum atomic E-state index is 4.79. The van der Waals surface area contributed by atoms with Crippen molar-refractivity contribution in [3.05, 3.63) is 65.2 Å². The lowest BCUT2D eigenvalue weighted by Gasteiger charge is -2.14. The van der Waals surface area contributed by atoms with Crippen molar-refractivity contribution in [2.45, 2.75) is 19.0 Å². The Morgan fingerprint density at radius 1 is 0.826 bits per heavy atom. The zero-order valence-electron chi connectivity index (χ0n) is 13.0. The quantitative estimate of drug-likeness (QED) is 0.719. The van der Waals surface area contributed by atoms with Gasteiger partial charge in [-0.05, 0) is 19.4 Å². The van der Waals surface area contributed by atoms with Crippen LogP contribution in [0.5, 0.6) is 0 Å². The summed E-state index contributed by atoms with van der Waals surface area (Å²) in [6.07, 6.45) is 0. The molecule has 4 nitrogen and oxygen atoms in total. The minimum atomic E-state index is 0.789. The van der Waals surface area contributed by atoms with E-state index in [1.54, 1.807) is 11.8 Å². The number of rotatable bonds is 2. The van der Waals surface area contributed by atoms with Gasteiger partial charge >= 0.3 is 0 Å². The molecule has 0 bridgehead atoms. The Morgan fingerprint density at radius 3 is 2.09 bits per heavy atom. The van der Waals surface area contributed by atoms with Crippen molar-refractivity contribution in [3.8, 4) is 11.4 Å². The molecule has 5 heteroatoms. The molecule has 0 spiro atoms. The first-order chi connectivity index (χ1) is 11.2. The number of fused-ring (bicyclic) bond motifs is 1. The van der Waals surface area contributed by atoms with Crippen molar-refractivity contribution >= 4 is 17.5 Å². The molecule has 1 aromatic heterocycles. The molecule has 0 aliphatic carbocycles. The molecule has 0 atom stereocenters. The Bertz CT molecular complexity index is 876. The summed E-state index contributed by atoms with van der Waals surface area (Å²) in [6.45, 7) is 4.17. The standard InChI is InChI=1S/C18H16N4S/c1-12-3-7-14(8-4-12)16-11-23-18-20-19-17(22(18)21-16)15-9-5-13(2)6-10-15/h3-10H,11H2,1-2H3. The lowest BCUT2D eigenvalue weighted by molar-refractivity contribution is 0.762. The Balaban J connectivity index is 1.77. The van der Waals surface area contributed by atoms with Crippen LogP contribution in [0.4, 0.5) is 0 Å². The highest BCUT2D eigenvalue weighted by Gasteiger charge is 2.20. The van der Waals surface area contributed by atoms with Crippen LogP contribution >= 0.6 is 11.8 Å². The van der Waals surface area contributed by atoms with Gasteiger partial charge in [-0.15, -0.1) is 10.2 Å². The normalized spacial score (nSPS) is 13.6. The molecule has 1 aliphatic heterocycles. The van der Waals surface area contributed by atoms with Crippen LogP contribution < -0.4 is 0 Å². The van der Waals surface area contributed by atoms with E-state index < -0.39 is 0 Å².